The molecule has 1 unspecified atom stereocenters. The Morgan fingerprint density at radius 1 is 1.32 bits per heavy atom. The molecule has 0 spiro atoms. The number of carbonyl (C=O) groups excluding carboxylic acids is 1. The van der Waals surface area contributed by atoms with Crippen molar-refractivity contribution in [1.29, 1.82) is 0 Å². The van der Waals surface area contributed by atoms with Crippen LogP contribution >= 0.6 is 0 Å². The molecular formula is C17H27N3O2. The van der Waals surface area contributed by atoms with Crippen LogP contribution in [0.3, 0.4) is 0 Å². The lowest BCUT2D eigenvalue weighted by Crippen LogP contribution is -2.46. The molecule has 1 aliphatic rings. The predicted molar refractivity (Wildman–Crippen MR) is 88.3 cm³/mol. The highest BCUT2D eigenvalue weighted by Gasteiger charge is 2.12. The Bertz CT molecular complexity index is 455. The molecule has 1 fully saturated rings. The number of rotatable bonds is 7. The molecule has 22 heavy (non-hydrogen) atoms. The molecule has 1 heterocycles. The molecule has 1 amide bonds. The summed E-state index contributed by atoms with van der Waals surface area (Å²) in [6.45, 7) is 7.97. The van der Waals surface area contributed by atoms with Gasteiger partial charge in [0, 0.05) is 45.7 Å². The van der Waals surface area contributed by atoms with E-state index in [0.29, 0.717) is 6.42 Å². The molecule has 122 valence electrons. The Kier molecular flexibility index (Phi) is 6.68. The van der Waals surface area contributed by atoms with Gasteiger partial charge in [-0.1, -0.05) is 19.1 Å². The largest absolute Gasteiger partial charge is 0.497 e. The summed E-state index contributed by atoms with van der Waals surface area (Å²) in [6, 6.07) is 7.93. The zero-order valence-electron chi connectivity index (χ0n) is 13.6. The van der Waals surface area contributed by atoms with E-state index in [1.807, 2.05) is 24.3 Å². The average Bonchev–Trinajstić information content (AvgIpc) is 2.56. The zero-order valence-corrected chi connectivity index (χ0v) is 13.6. The fourth-order valence-corrected chi connectivity index (χ4v) is 2.69. The van der Waals surface area contributed by atoms with Gasteiger partial charge in [-0.15, -0.1) is 0 Å². The van der Waals surface area contributed by atoms with E-state index in [-0.39, 0.29) is 11.8 Å². The van der Waals surface area contributed by atoms with Crippen molar-refractivity contribution in [1.82, 2.24) is 15.5 Å². The quantitative estimate of drug-likeness (QED) is 0.795. The van der Waals surface area contributed by atoms with Gasteiger partial charge in [0.25, 0.3) is 0 Å². The number of nitrogens with one attached hydrogen (secondary N) is 2. The number of ether oxygens (including phenoxy) is 1. The summed E-state index contributed by atoms with van der Waals surface area (Å²) in [5, 5.41) is 6.36. The van der Waals surface area contributed by atoms with Crippen LogP contribution in [0.2, 0.25) is 0 Å². The van der Waals surface area contributed by atoms with E-state index >= 15 is 0 Å². The Hall–Kier alpha value is -1.59. The van der Waals surface area contributed by atoms with Crippen molar-refractivity contribution < 1.29 is 9.53 Å². The Morgan fingerprint density at radius 2 is 2.00 bits per heavy atom. The molecule has 5 heteroatoms. The van der Waals surface area contributed by atoms with E-state index in [9.17, 15) is 4.79 Å². The fraction of sp³-hybridized carbons (Fsp3) is 0.588. The lowest BCUT2D eigenvalue weighted by Gasteiger charge is -2.27. The molecule has 0 radical (unpaired) electrons. The van der Waals surface area contributed by atoms with Gasteiger partial charge in [0.1, 0.15) is 5.75 Å². The van der Waals surface area contributed by atoms with E-state index in [2.05, 4.69) is 22.5 Å². The lowest BCUT2D eigenvalue weighted by molar-refractivity contribution is -0.121. The predicted octanol–water partition coefficient (Wildman–Crippen LogP) is 1.21. The second-order valence-corrected chi connectivity index (χ2v) is 5.82. The van der Waals surface area contributed by atoms with E-state index in [1.165, 1.54) is 0 Å². The maximum atomic E-state index is 12.0. The summed E-state index contributed by atoms with van der Waals surface area (Å²) in [4.78, 5) is 14.4. The minimum absolute atomic E-state index is 0.124. The van der Waals surface area contributed by atoms with Crippen LogP contribution in [-0.4, -0.2) is 57.2 Å². The number of amides is 1. The Labute approximate surface area is 133 Å². The first kappa shape index (κ1) is 16.8. The Morgan fingerprint density at radius 3 is 2.64 bits per heavy atom. The molecule has 1 atom stereocenters. The monoisotopic (exact) mass is 305 g/mol. The summed E-state index contributed by atoms with van der Waals surface area (Å²) in [5.74, 6) is 1.18. The van der Waals surface area contributed by atoms with Gasteiger partial charge < -0.3 is 15.4 Å². The van der Waals surface area contributed by atoms with Crippen LogP contribution in [0.1, 0.15) is 24.8 Å². The summed E-state index contributed by atoms with van der Waals surface area (Å²) in [5.41, 5.74) is 1.16. The normalized spacial score (nSPS) is 17.0. The number of hydrogen-bond donors (Lipinski definition) is 2. The van der Waals surface area contributed by atoms with Crippen molar-refractivity contribution in [2.75, 3.05) is 46.4 Å². The van der Waals surface area contributed by atoms with Crippen LogP contribution < -0.4 is 15.4 Å². The molecule has 2 N–H and O–H groups in total. The van der Waals surface area contributed by atoms with Crippen LogP contribution in [0.5, 0.6) is 5.75 Å². The second-order valence-electron chi connectivity index (χ2n) is 5.82. The first-order valence-electron chi connectivity index (χ1n) is 8.03. The SMILES string of the molecule is COc1ccc(C(C)CC(=O)NCCN2CCNCC2)cc1. The highest BCUT2D eigenvalue weighted by molar-refractivity contribution is 5.76. The van der Waals surface area contributed by atoms with Crippen LogP contribution in [0.15, 0.2) is 24.3 Å². The molecule has 1 aliphatic heterocycles. The smallest absolute Gasteiger partial charge is 0.220 e. The van der Waals surface area contributed by atoms with Gasteiger partial charge in [-0.05, 0) is 23.6 Å². The van der Waals surface area contributed by atoms with Crippen LogP contribution in [-0.2, 0) is 4.79 Å². The number of carbonyl (C=O) groups is 1. The maximum Gasteiger partial charge on any atom is 0.220 e. The van der Waals surface area contributed by atoms with Crippen LogP contribution in [0, 0.1) is 0 Å². The summed E-state index contributed by atoms with van der Waals surface area (Å²) < 4.78 is 5.15. The number of benzene rings is 1. The van der Waals surface area contributed by atoms with Gasteiger partial charge in [0.05, 0.1) is 7.11 Å². The third kappa shape index (κ3) is 5.31. The van der Waals surface area contributed by atoms with Crippen molar-refractivity contribution in [3.8, 4) is 5.75 Å². The second kappa shape index (κ2) is 8.76. The molecule has 5 nitrogen and oxygen atoms in total. The highest BCUT2D eigenvalue weighted by atomic mass is 16.5. The first-order chi connectivity index (χ1) is 10.7. The highest BCUT2D eigenvalue weighted by Crippen LogP contribution is 2.21. The minimum Gasteiger partial charge on any atom is -0.497 e. The van der Waals surface area contributed by atoms with Gasteiger partial charge in [-0.2, -0.15) is 0 Å². The summed E-state index contributed by atoms with van der Waals surface area (Å²) >= 11 is 0. The molecule has 0 aliphatic carbocycles. The van der Waals surface area contributed by atoms with Gasteiger partial charge in [-0.3, -0.25) is 9.69 Å². The van der Waals surface area contributed by atoms with Crippen molar-refractivity contribution in [3.63, 3.8) is 0 Å². The maximum absolute atomic E-state index is 12.0. The summed E-state index contributed by atoms with van der Waals surface area (Å²) in [7, 11) is 1.66. The standard InChI is InChI=1S/C17H27N3O2/c1-14(15-3-5-16(22-2)6-4-15)13-17(21)19-9-12-20-10-7-18-8-11-20/h3-6,14,18H,7-13H2,1-2H3,(H,19,21). The number of nitrogens with zero attached hydrogens (tertiary/aromatic N) is 1. The van der Waals surface area contributed by atoms with Crippen molar-refractivity contribution in [3.05, 3.63) is 29.8 Å². The van der Waals surface area contributed by atoms with Crippen molar-refractivity contribution in [2.24, 2.45) is 0 Å². The topological polar surface area (TPSA) is 53.6 Å². The molecule has 0 bridgehead atoms. The minimum atomic E-state index is 0.124. The third-order valence-corrected chi connectivity index (χ3v) is 4.14. The molecule has 0 saturated carbocycles. The average molecular weight is 305 g/mol. The molecule has 1 aromatic rings. The van der Waals surface area contributed by atoms with Crippen LogP contribution in [0.4, 0.5) is 0 Å². The molecule has 1 saturated heterocycles. The lowest BCUT2D eigenvalue weighted by atomic mass is 9.97. The van der Waals surface area contributed by atoms with E-state index in [0.717, 1.165) is 50.6 Å². The van der Waals surface area contributed by atoms with Gasteiger partial charge >= 0.3 is 0 Å². The molecule has 0 aromatic heterocycles. The first-order valence-corrected chi connectivity index (χ1v) is 8.03. The molecular weight excluding hydrogens is 278 g/mol. The van der Waals surface area contributed by atoms with Gasteiger partial charge in [0.2, 0.25) is 5.91 Å². The van der Waals surface area contributed by atoms with Crippen molar-refractivity contribution >= 4 is 5.91 Å². The summed E-state index contributed by atoms with van der Waals surface area (Å²) in [6.07, 6.45) is 0.522. The Balaban J connectivity index is 1.68. The number of piperazine rings is 1. The van der Waals surface area contributed by atoms with Gasteiger partial charge in [0.15, 0.2) is 0 Å². The zero-order chi connectivity index (χ0) is 15.8. The van der Waals surface area contributed by atoms with E-state index in [1.54, 1.807) is 7.11 Å². The number of methoxy groups -OCH3 is 1. The third-order valence-electron chi connectivity index (χ3n) is 4.14. The van der Waals surface area contributed by atoms with E-state index < -0.39 is 0 Å². The molecule has 2 rings (SSSR count). The van der Waals surface area contributed by atoms with E-state index in [4.69, 9.17) is 4.74 Å². The van der Waals surface area contributed by atoms with Crippen molar-refractivity contribution in [2.45, 2.75) is 19.3 Å². The molecule has 1 aromatic carbocycles. The fourth-order valence-electron chi connectivity index (χ4n) is 2.69. The van der Waals surface area contributed by atoms with Crippen LogP contribution in [0.25, 0.3) is 0 Å². The number of hydrogen-bond acceptors (Lipinski definition) is 4. The van der Waals surface area contributed by atoms with Gasteiger partial charge in [-0.25, -0.2) is 0 Å².